The van der Waals surface area contributed by atoms with E-state index in [1.165, 1.54) is 19.3 Å². The van der Waals surface area contributed by atoms with Crippen LogP contribution < -0.4 is 5.32 Å². The second kappa shape index (κ2) is 5.10. The zero-order chi connectivity index (χ0) is 6.41. The molecule has 0 radical (unpaired) electrons. The molecule has 50 valence electrons. The van der Waals surface area contributed by atoms with Crippen molar-refractivity contribution >= 4 is 0 Å². The molecule has 0 aromatic rings. The maximum Gasteiger partial charge on any atom is 0.0591 e. The van der Waals surface area contributed by atoms with Crippen LogP contribution in [0.2, 0.25) is 0 Å². The summed E-state index contributed by atoms with van der Waals surface area (Å²) in [4.78, 5) is 0. The molecular weight excluding hydrogens is 98.1 g/mol. The molecule has 2 N–H and O–H groups in total. The normalized spacial score (nSPS) is 13.9. The van der Waals surface area contributed by atoms with E-state index in [0.29, 0.717) is 0 Å². The first-order chi connectivity index (χ1) is 3.81. The van der Waals surface area contributed by atoms with Gasteiger partial charge in [-0.2, -0.15) is 7.05 Å². The fourth-order valence-electron chi connectivity index (χ4n) is 0.644. The Morgan fingerprint density at radius 2 is 2.25 bits per heavy atom. The van der Waals surface area contributed by atoms with Crippen LogP contribution in [0.15, 0.2) is 0 Å². The smallest absolute Gasteiger partial charge is 0.0591 e. The van der Waals surface area contributed by atoms with Gasteiger partial charge in [0.05, 0.1) is 6.04 Å². The van der Waals surface area contributed by atoms with E-state index < -0.39 is 0 Å². The molecule has 0 rings (SSSR count). The van der Waals surface area contributed by atoms with Gasteiger partial charge in [0.25, 0.3) is 0 Å². The van der Waals surface area contributed by atoms with E-state index in [0.717, 1.165) is 6.04 Å². The minimum Gasteiger partial charge on any atom is -0.477 e. The molecular formula is C7H17N. The molecule has 1 nitrogen and oxygen atoms in total. The molecule has 0 aliphatic carbocycles. The van der Waals surface area contributed by atoms with Crippen LogP contribution in [0, 0.1) is 7.05 Å². The standard InChI is InChI=1S/C7H17N/c1-4-5-6-7(2)8-3/h7H,3-6,8H2,1-2H3. The SMILES string of the molecule is [CH2-][NH2+]C(C)CCCC. The molecule has 0 spiro atoms. The quantitative estimate of drug-likeness (QED) is 0.525. The summed E-state index contributed by atoms with van der Waals surface area (Å²) in [6, 6.07) is 0.718. The van der Waals surface area contributed by atoms with Gasteiger partial charge in [-0.05, 0) is 19.8 Å². The zero-order valence-corrected chi connectivity index (χ0v) is 5.98. The highest BCUT2D eigenvalue weighted by Gasteiger charge is 1.94. The third-order valence-corrected chi connectivity index (χ3v) is 1.42. The molecule has 0 aliphatic heterocycles. The first-order valence-electron chi connectivity index (χ1n) is 3.43. The van der Waals surface area contributed by atoms with Crippen molar-refractivity contribution < 1.29 is 5.32 Å². The number of hydrogen-bond donors (Lipinski definition) is 1. The average molecular weight is 115 g/mol. The monoisotopic (exact) mass is 115 g/mol. The zero-order valence-electron chi connectivity index (χ0n) is 5.98. The van der Waals surface area contributed by atoms with Crippen LogP contribution in [0.3, 0.4) is 0 Å². The minimum absolute atomic E-state index is 0.718. The highest BCUT2D eigenvalue weighted by atomic mass is 14.8. The highest BCUT2D eigenvalue weighted by Crippen LogP contribution is 1.94. The van der Waals surface area contributed by atoms with Crippen LogP contribution in [-0.2, 0) is 0 Å². The van der Waals surface area contributed by atoms with Gasteiger partial charge in [0.1, 0.15) is 0 Å². The summed E-state index contributed by atoms with van der Waals surface area (Å²) in [5, 5.41) is 2.02. The molecule has 0 saturated heterocycles. The highest BCUT2D eigenvalue weighted by molar-refractivity contribution is 4.43. The largest absolute Gasteiger partial charge is 0.477 e. The van der Waals surface area contributed by atoms with Gasteiger partial charge >= 0.3 is 0 Å². The van der Waals surface area contributed by atoms with Crippen molar-refractivity contribution in [1.29, 1.82) is 0 Å². The number of quaternary nitrogens is 1. The molecule has 1 atom stereocenters. The van der Waals surface area contributed by atoms with E-state index in [1.807, 2.05) is 5.32 Å². The Labute approximate surface area is 52.5 Å². The van der Waals surface area contributed by atoms with Gasteiger partial charge in [0.2, 0.25) is 0 Å². The lowest BCUT2D eigenvalue weighted by molar-refractivity contribution is -0.630. The Morgan fingerprint density at radius 3 is 2.62 bits per heavy atom. The van der Waals surface area contributed by atoms with Crippen LogP contribution in [0.5, 0.6) is 0 Å². The fourth-order valence-corrected chi connectivity index (χ4v) is 0.644. The summed E-state index contributed by atoms with van der Waals surface area (Å²) in [7, 11) is 3.71. The van der Waals surface area contributed by atoms with E-state index in [4.69, 9.17) is 0 Å². The predicted octanol–water partition coefficient (Wildman–Crippen LogP) is 0.920. The predicted molar refractivity (Wildman–Crippen MR) is 36.3 cm³/mol. The van der Waals surface area contributed by atoms with Gasteiger partial charge in [0.15, 0.2) is 0 Å². The Bertz CT molecular complexity index is 43.7. The average Bonchev–Trinajstić information content (AvgIpc) is 1.83. The summed E-state index contributed by atoms with van der Waals surface area (Å²) in [6.07, 6.45) is 3.95. The first-order valence-corrected chi connectivity index (χ1v) is 3.43. The maximum atomic E-state index is 3.71. The molecule has 0 aromatic carbocycles. The second-order valence-corrected chi connectivity index (χ2v) is 2.36. The number of unbranched alkanes of at least 4 members (excludes halogenated alkanes) is 1. The Morgan fingerprint density at radius 1 is 1.62 bits per heavy atom. The van der Waals surface area contributed by atoms with Crippen molar-refractivity contribution in [1.82, 2.24) is 0 Å². The van der Waals surface area contributed by atoms with Crippen molar-refractivity contribution in [2.75, 3.05) is 0 Å². The molecule has 1 unspecified atom stereocenters. The summed E-state index contributed by atoms with van der Waals surface area (Å²) >= 11 is 0. The number of hydrogen-bond acceptors (Lipinski definition) is 0. The maximum absolute atomic E-state index is 3.71. The van der Waals surface area contributed by atoms with Crippen LogP contribution in [0.1, 0.15) is 33.1 Å². The summed E-state index contributed by atoms with van der Waals surface area (Å²) in [5.41, 5.74) is 0. The minimum atomic E-state index is 0.718. The van der Waals surface area contributed by atoms with Gasteiger partial charge in [-0.3, -0.25) is 0 Å². The van der Waals surface area contributed by atoms with E-state index >= 15 is 0 Å². The van der Waals surface area contributed by atoms with Gasteiger partial charge in [-0.25, -0.2) is 0 Å². The first kappa shape index (κ1) is 7.96. The third kappa shape index (κ3) is 4.13. The molecule has 0 fully saturated rings. The van der Waals surface area contributed by atoms with Crippen LogP contribution in [-0.4, -0.2) is 6.04 Å². The molecule has 0 bridgehead atoms. The number of nitrogens with two attached hydrogens (primary N) is 1. The molecule has 0 saturated carbocycles. The topological polar surface area (TPSA) is 16.6 Å². The van der Waals surface area contributed by atoms with E-state index in [2.05, 4.69) is 20.9 Å². The fraction of sp³-hybridized carbons (Fsp3) is 0.857. The summed E-state index contributed by atoms with van der Waals surface area (Å²) in [5.74, 6) is 0. The van der Waals surface area contributed by atoms with Crippen LogP contribution in [0.25, 0.3) is 0 Å². The van der Waals surface area contributed by atoms with Crippen molar-refractivity contribution in [3.8, 4) is 0 Å². The van der Waals surface area contributed by atoms with Crippen molar-refractivity contribution in [3.05, 3.63) is 7.05 Å². The lowest BCUT2D eigenvalue weighted by atomic mass is 10.1. The van der Waals surface area contributed by atoms with Gasteiger partial charge < -0.3 is 5.32 Å². The number of rotatable bonds is 4. The Hall–Kier alpha value is -0.0400. The van der Waals surface area contributed by atoms with Crippen molar-refractivity contribution in [3.63, 3.8) is 0 Å². The molecule has 8 heavy (non-hydrogen) atoms. The van der Waals surface area contributed by atoms with Crippen molar-refractivity contribution in [2.24, 2.45) is 0 Å². The third-order valence-electron chi connectivity index (χ3n) is 1.42. The Balaban J connectivity index is 2.86. The Kier molecular flexibility index (Phi) is 5.08. The lowest BCUT2D eigenvalue weighted by Crippen LogP contribution is -2.82. The van der Waals surface area contributed by atoms with Crippen LogP contribution in [0.4, 0.5) is 0 Å². The lowest BCUT2D eigenvalue weighted by Gasteiger charge is -2.08. The summed E-state index contributed by atoms with van der Waals surface area (Å²) < 4.78 is 0. The molecule has 0 aliphatic rings. The van der Waals surface area contributed by atoms with Crippen LogP contribution >= 0.6 is 0 Å². The second-order valence-electron chi connectivity index (χ2n) is 2.36. The molecule has 0 aromatic heterocycles. The van der Waals surface area contributed by atoms with E-state index in [1.54, 1.807) is 0 Å². The molecule has 0 heterocycles. The molecule has 1 heteroatoms. The van der Waals surface area contributed by atoms with Crippen molar-refractivity contribution in [2.45, 2.75) is 39.2 Å². The van der Waals surface area contributed by atoms with E-state index in [9.17, 15) is 0 Å². The van der Waals surface area contributed by atoms with Gasteiger partial charge in [0, 0.05) is 0 Å². The molecule has 0 amide bonds. The summed E-state index contributed by atoms with van der Waals surface area (Å²) in [6.45, 7) is 4.43. The van der Waals surface area contributed by atoms with E-state index in [-0.39, 0.29) is 0 Å². The van der Waals surface area contributed by atoms with Gasteiger partial charge in [-0.15, -0.1) is 0 Å². The van der Waals surface area contributed by atoms with Gasteiger partial charge in [-0.1, -0.05) is 13.3 Å².